The fourth-order valence-electron chi connectivity index (χ4n) is 4.30. The van der Waals surface area contributed by atoms with E-state index in [1.165, 1.54) is 17.7 Å². The van der Waals surface area contributed by atoms with Crippen molar-refractivity contribution in [2.24, 2.45) is 0 Å². The van der Waals surface area contributed by atoms with Crippen LogP contribution in [0.1, 0.15) is 29.3 Å². The van der Waals surface area contributed by atoms with Crippen LogP contribution in [0.3, 0.4) is 0 Å². The van der Waals surface area contributed by atoms with Crippen LogP contribution in [-0.4, -0.2) is 26.9 Å². The van der Waals surface area contributed by atoms with Crippen LogP contribution < -0.4 is 0 Å². The minimum absolute atomic E-state index is 0.0208. The van der Waals surface area contributed by atoms with Crippen molar-refractivity contribution in [1.82, 2.24) is 14.5 Å². The van der Waals surface area contributed by atoms with E-state index in [1.807, 2.05) is 35.2 Å². The molecule has 0 radical (unpaired) electrons. The number of hydrogen-bond donors (Lipinski definition) is 0. The van der Waals surface area contributed by atoms with E-state index in [9.17, 15) is 9.18 Å². The number of nitrogens with zero attached hydrogens (tertiary/aromatic N) is 3. The molecular weight excluding hydrogens is 457 g/mol. The maximum atomic E-state index is 13.2. The zero-order valence-electron chi connectivity index (χ0n) is 16.8. The molecule has 0 N–H and O–H groups in total. The molecule has 1 aromatic heterocycles. The number of rotatable bonds is 5. The molecule has 1 fully saturated rings. The van der Waals surface area contributed by atoms with Crippen LogP contribution in [0, 0.1) is 5.82 Å². The molecule has 0 bridgehead atoms. The van der Waals surface area contributed by atoms with Crippen LogP contribution in [-0.2, 0) is 17.9 Å². The summed E-state index contributed by atoms with van der Waals surface area (Å²) in [6.07, 6.45) is 0.434. The third kappa shape index (κ3) is 4.12. The van der Waals surface area contributed by atoms with Crippen molar-refractivity contribution in [2.75, 3.05) is 6.54 Å². The van der Waals surface area contributed by atoms with Gasteiger partial charge in [0.2, 0.25) is 5.91 Å². The molecule has 3 aromatic carbocycles. The van der Waals surface area contributed by atoms with Crippen molar-refractivity contribution in [3.05, 3.63) is 100 Å². The van der Waals surface area contributed by atoms with Gasteiger partial charge in [-0.1, -0.05) is 52.3 Å². The Bertz CT molecular complexity index is 1250. The molecule has 0 aliphatic carbocycles. The normalized spacial score (nSPS) is 16.4. The fraction of sp³-hybridized carbons (Fsp3) is 0.200. The first kappa shape index (κ1) is 19.9. The van der Waals surface area contributed by atoms with Crippen LogP contribution in [0.15, 0.2) is 77.3 Å². The number of benzene rings is 3. The summed E-state index contributed by atoms with van der Waals surface area (Å²) in [5.74, 6) is 0.801. The number of imidazole rings is 1. The predicted octanol–water partition coefficient (Wildman–Crippen LogP) is 5.50. The van der Waals surface area contributed by atoms with Crippen LogP contribution >= 0.6 is 15.9 Å². The van der Waals surface area contributed by atoms with Gasteiger partial charge in [0, 0.05) is 36.4 Å². The third-order valence-electron chi connectivity index (χ3n) is 5.78. The minimum atomic E-state index is -0.268. The van der Waals surface area contributed by atoms with Gasteiger partial charge in [-0.25, -0.2) is 9.37 Å². The molecule has 1 unspecified atom stereocenters. The Kier molecular flexibility index (Phi) is 5.32. The van der Waals surface area contributed by atoms with Crippen molar-refractivity contribution >= 4 is 32.9 Å². The summed E-state index contributed by atoms with van der Waals surface area (Å²) in [5, 5.41) is 0. The summed E-state index contributed by atoms with van der Waals surface area (Å²) in [5.41, 5.74) is 4.11. The van der Waals surface area contributed by atoms with E-state index in [0.29, 0.717) is 26.1 Å². The Morgan fingerprint density at radius 2 is 1.77 bits per heavy atom. The number of carbonyl (C=O) groups is 1. The molecule has 2 heterocycles. The molecule has 1 saturated heterocycles. The minimum Gasteiger partial charge on any atom is -0.338 e. The van der Waals surface area contributed by atoms with Gasteiger partial charge in [0.25, 0.3) is 0 Å². The highest BCUT2D eigenvalue weighted by atomic mass is 79.9. The van der Waals surface area contributed by atoms with Gasteiger partial charge in [-0.3, -0.25) is 4.79 Å². The topological polar surface area (TPSA) is 38.1 Å². The summed E-state index contributed by atoms with van der Waals surface area (Å²) in [4.78, 5) is 19.5. The molecule has 1 aliphatic rings. The smallest absolute Gasteiger partial charge is 0.223 e. The molecule has 4 aromatic rings. The first-order valence-corrected chi connectivity index (χ1v) is 11.1. The van der Waals surface area contributed by atoms with E-state index >= 15 is 0 Å². The largest absolute Gasteiger partial charge is 0.338 e. The predicted molar refractivity (Wildman–Crippen MR) is 122 cm³/mol. The highest BCUT2D eigenvalue weighted by Gasteiger charge is 2.34. The van der Waals surface area contributed by atoms with E-state index in [4.69, 9.17) is 4.98 Å². The average Bonchev–Trinajstić information content (AvgIpc) is 3.30. The Morgan fingerprint density at radius 3 is 2.58 bits per heavy atom. The first-order chi connectivity index (χ1) is 15.1. The summed E-state index contributed by atoms with van der Waals surface area (Å²) in [6, 6.07) is 22.7. The summed E-state index contributed by atoms with van der Waals surface area (Å²) < 4.78 is 16.5. The maximum Gasteiger partial charge on any atom is 0.223 e. The zero-order chi connectivity index (χ0) is 21.4. The number of carbonyl (C=O) groups excluding carboxylic acids is 1. The number of halogens is 2. The molecular formula is C25H21BrFN3O. The lowest BCUT2D eigenvalue weighted by molar-refractivity contribution is -0.128. The fourth-order valence-corrected chi connectivity index (χ4v) is 4.74. The Morgan fingerprint density at radius 1 is 0.968 bits per heavy atom. The monoisotopic (exact) mass is 477 g/mol. The second-order valence-corrected chi connectivity index (χ2v) is 8.89. The molecule has 1 atom stereocenters. The molecule has 0 spiro atoms. The lowest BCUT2D eigenvalue weighted by atomic mass is 10.1. The zero-order valence-corrected chi connectivity index (χ0v) is 18.4. The Balaban J connectivity index is 1.45. The first-order valence-electron chi connectivity index (χ1n) is 10.3. The van der Waals surface area contributed by atoms with Crippen molar-refractivity contribution < 1.29 is 9.18 Å². The summed E-state index contributed by atoms with van der Waals surface area (Å²) in [6.45, 7) is 1.79. The lowest BCUT2D eigenvalue weighted by Gasteiger charge is -2.17. The van der Waals surface area contributed by atoms with Gasteiger partial charge in [-0.05, 0) is 47.5 Å². The van der Waals surface area contributed by atoms with E-state index < -0.39 is 0 Å². The van der Waals surface area contributed by atoms with Crippen molar-refractivity contribution in [1.29, 1.82) is 0 Å². The summed E-state index contributed by atoms with van der Waals surface area (Å²) in [7, 11) is 0. The lowest BCUT2D eigenvalue weighted by Crippen LogP contribution is -2.24. The maximum absolute atomic E-state index is 13.2. The van der Waals surface area contributed by atoms with Crippen LogP contribution in [0.4, 0.5) is 4.39 Å². The number of likely N-dealkylation sites (tertiary alicyclic amines) is 1. The van der Waals surface area contributed by atoms with Crippen molar-refractivity contribution in [3.63, 3.8) is 0 Å². The highest BCUT2D eigenvalue weighted by molar-refractivity contribution is 9.10. The molecule has 0 saturated carbocycles. The van der Waals surface area contributed by atoms with Gasteiger partial charge < -0.3 is 9.47 Å². The quantitative estimate of drug-likeness (QED) is 0.380. The standard InChI is InChI=1S/C25H21BrFN3O/c26-20-5-3-4-18(12-20)15-30-23-7-2-1-6-22(23)28-25(30)19-13-24(31)29(16-19)14-17-8-10-21(27)11-9-17/h1-12,19H,13-16H2. The van der Waals surface area contributed by atoms with Crippen molar-refractivity contribution in [2.45, 2.75) is 25.4 Å². The number of aromatic nitrogens is 2. The second kappa shape index (κ2) is 8.27. The van der Waals surface area contributed by atoms with E-state index in [0.717, 1.165) is 26.9 Å². The SMILES string of the molecule is O=C1CC(c2nc3ccccc3n2Cc2cccc(Br)c2)CN1Cc1ccc(F)cc1. The number of hydrogen-bond acceptors (Lipinski definition) is 2. The van der Waals surface area contributed by atoms with Crippen molar-refractivity contribution in [3.8, 4) is 0 Å². The van der Waals surface area contributed by atoms with E-state index in [2.05, 4.69) is 38.7 Å². The second-order valence-electron chi connectivity index (χ2n) is 7.98. The van der Waals surface area contributed by atoms with Gasteiger partial charge in [0.05, 0.1) is 11.0 Å². The van der Waals surface area contributed by atoms with Gasteiger partial charge in [-0.2, -0.15) is 0 Å². The van der Waals surface area contributed by atoms with Crippen LogP contribution in [0.5, 0.6) is 0 Å². The van der Waals surface area contributed by atoms with Crippen LogP contribution in [0.2, 0.25) is 0 Å². The number of amides is 1. The highest BCUT2D eigenvalue weighted by Crippen LogP contribution is 2.32. The molecule has 5 rings (SSSR count). The molecule has 1 aliphatic heterocycles. The third-order valence-corrected chi connectivity index (χ3v) is 6.27. The van der Waals surface area contributed by atoms with Gasteiger partial charge >= 0.3 is 0 Å². The Labute approximate surface area is 188 Å². The van der Waals surface area contributed by atoms with Gasteiger partial charge in [-0.15, -0.1) is 0 Å². The van der Waals surface area contributed by atoms with Crippen LogP contribution in [0.25, 0.3) is 11.0 Å². The molecule has 4 nitrogen and oxygen atoms in total. The van der Waals surface area contributed by atoms with E-state index in [1.54, 1.807) is 12.1 Å². The Hall–Kier alpha value is -2.99. The van der Waals surface area contributed by atoms with Gasteiger partial charge in [0.15, 0.2) is 0 Å². The summed E-state index contributed by atoms with van der Waals surface area (Å²) >= 11 is 3.55. The molecule has 31 heavy (non-hydrogen) atoms. The molecule has 156 valence electrons. The number of fused-ring (bicyclic) bond motifs is 1. The molecule has 6 heteroatoms. The molecule has 1 amide bonds. The van der Waals surface area contributed by atoms with Gasteiger partial charge in [0.1, 0.15) is 11.6 Å². The average molecular weight is 478 g/mol. The number of para-hydroxylation sites is 2. The van der Waals surface area contributed by atoms with E-state index in [-0.39, 0.29) is 17.6 Å².